The molecule has 4 fully saturated rings. The molecular formula is C23H20N4O4S3. The van der Waals surface area contributed by atoms with Crippen molar-refractivity contribution >= 4 is 60.9 Å². The SMILES string of the molecule is CN1C(=O)[C@@]23C[C@]4(c5c[nH]c6ccccc56)c5ccccc5N([SH](=O)=O)[C@@H]4N2C(=O)[C@@]1(C)SS3. The van der Waals surface area contributed by atoms with E-state index >= 15 is 0 Å². The number of piperazine rings is 1. The van der Waals surface area contributed by atoms with Crippen LogP contribution in [0.5, 0.6) is 0 Å². The average Bonchev–Trinajstić information content (AvgIpc) is 3.47. The summed E-state index contributed by atoms with van der Waals surface area (Å²) < 4.78 is 26.9. The summed E-state index contributed by atoms with van der Waals surface area (Å²) in [6.07, 6.45) is 1.32. The molecular weight excluding hydrogens is 492 g/mol. The van der Waals surface area contributed by atoms with Gasteiger partial charge in [0.2, 0.25) is 10.9 Å². The molecule has 5 aliphatic rings. The van der Waals surface area contributed by atoms with Gasteiger partial charge < -0.3 is 9.88 Å². The van der Waals surface area contributed by atoms with Gasteiger partial charge in [0, 0.05) is 30.6 Å². The highest BCUT2D eigenvalue weighted by Gasteiger charge is 2.79. The summed E-state index contributed by atoms with van der Waals surface area (Å²) in [6, 6.07) is 15.3. The van der Waals surface area contributed by atoms with Crippen molar-refractivity contribution < 1.29 is 18.0 Å². The average molecular weight is 513 g/mol. The molecule has 8 rings (SSSR count). The summed E-state index contributed by atoms with van der Waals surface area (Å²) in [6.45, 7) is 1.74. The molecule has 8 nitrogen and oxygen atoms in total. The smallest absolute Gasteiger partial charge is 0.262 e. The molecule has 2 bridgehead atoms. The van der Waals surface area contributed by atoms with Crippen LogP contribution < -0.4 is 4.31 Å². The van der Waals surface area contributed by atoms with Crippen molar-refractivity contribution in [1.82, 2.24) is 14.8 Å². The van der Waals surface area contributed by atoms with Gasteiger partial charge in [0.25, 0.3) is 11.8 Å². The van der Waals surface area contributed by atoms with Gasteiger partial charge >= 0.3 is 0 Å². The van der Waals surface area contributed by atoms with E-state index in [1.807, 2.05) is 42.6 Å². The zero-order chi connectivity index (χ0) is 23.6. The van der Waals surface area contributed by atoms with Crippen LogP contribution in [0.2, 0.25) is 0 Å². The molecule has 0 saturated carbocycles. The maximum atomic E-state index is 14.0. The van der Waals surface area contributed by atoms with Gasteiger partial charge in [0.15, 0.2) is 9.74 Å². The third-order valence-electron chi connectivity index (χ3n) is 7.94. The number of amides is 2. The van der Waals surface area contributed by atoms with Crippen LogP contribution in [0.15, 0.2) is 54.7 Å². The fourth-order valence-corrected chi connectivity index (χ4v) is 10.7. The van der Waals surface area contributed by atoms with E-state index in [9.17, 15) is 18.0 Å². The quantitative estimate of drug-likeness (QED) is 0.405. The molecule has 1 N–H and O–H groups in total. The number of anilines is 1. The van der Waals surface area contributed by atoms with Gasteiger partial charge in [0.05, 0.1) is 11.1 Å². The summed E-state index contributed by atoms with van der Waals surface area (Å²) in [7, 11) is 1.35. The van der Waals surface area contributed by atoms with Crippen molar-refractivity contribution in [3.63, 3.8) is 0 Å². The number of hydrogen-bond donors (Lipinski definition) is 2. The zero-order valence-electron chi connectivity index (χ0n) is 18.2. The van der Waals surface area contributed by atoms with E-state index in [1.165, 1.54) is 30.8 Å². The monoisotopic (exact) mass is 512 g/mol. The number of fused-ring (bicyclic) bond motifs is 6. The van der Waals surface area contributed by atoms with Crippen molar-refractivity contribution in [3.8, 4) is 0 Å². The minimum atomic E-state index is -3.09. The van der Waals surface area contributed by atoms with Crippen LogP contribution in [-0.4, -0.2) is 58.0 Å². The van der Waals surface area contributed by atoms with E-state index in [2.05, 4.69) is 4.98 Å². The van der Waals surface area contributed by atoms with E-state index in [1.54, 1.807) is 31.0 Å². The zero-order valence-corrected chi connectivity index (χ0v) is 20.7. The third-order valence-corrected chi connectivity index (χ3v) is 12.4. The number of carbonyl (C=O) groups excluding carboxylic acids is 2. The molecule has 5 aliphatic heterocycles. The van der Waals surface area contributed by atoms with E-state index < -0.39 is 32.2 Å². The Morgan fingerprint density at radius 2 is 1.74 bits per heavy atom. The highest BCUT2D eigenvalue weighted by molar-refractivity contribution is 8.78. The first-order valence-electron chi connectivity index (χ1n) is 10.9. The van der Waals surface area contributed by atoms with Crippen molar-refractivity contribution in [2.24, 2.45) is 0 Å². The lowest BCUT2D eigenvalue weighted by Crippen LogP contribution is -2.76. The summed E-state index contributed by atoms with van der Waals surface area (Å²) in [5, 5.41) is 0.952. The number of aromatic nitrogens is 1. The Bertz CT molecular complexity index is 1510. The number of nitrogens with zero attached hydrogens (tertiary/aromatic N) is 3. The second-order valence-corrected chi connectivity index (χ2v) is 13.1. The van der Waals surface area contributed by atoms with E-state index in [0.717, 1.165) is 22.0 Å². The van der Waals surface area contributed by atoms with Crippen molar-refractivity contribution in [2.45, 2.75) is 34.7 Å². The lowest BCUT2D eigenvalue weighted by Gasteiger charge is -2.57. The third kappa shape index (κ3) is 2.05. The Labute approximate surface area is 205 Å². The molecule has 0 radical (unpaired) electrons. The molecule has 0 unspecified atom stereocenters. The molecule has 4 saturated heterocycles. The van der Waals surface area contributed by atoms with Gasteiger partial charge in [-0.25, -0.2) is 12.7 Å². The van der Waals surface area contributed by atoms with Crippen LogP contribution in [0.25, 0.3) is 10.9 Å². The van der Waals surface area contributed by atoms with Gasteiger partial charge in [-0.3, -0.25) is 14.5 Å². The van der Waals surface area contributed by atoms with Gasteiger partial charge in [-0.15, -0.1) is 0 Å². The van der Waals surface area contributed by atoms with Crippen LogP contribution in [-0.2, 0) is 25.9 Å². The Hall–Kier alpha value is -2.63. The number of hydrogen-bond acceptors (Lipinski definition) is 6. The molecule has 2 aromatic carbocycles. The lowest BCUT2D eigenvalue weighted by atomic mass is 9.72. The number of para-hydroxylation sites is 2. The first-order valence-corrected chi connectivity index (χ1v) is 14.1. The Morgan fingerprint density at radius 1 is 1.00 bits per heavy atom. The number of likely N-dealkylation sites (N-methyl/N-ethyl adjacent to an activating group) is 1. The first-order chi connectivity index (χ1) is 16.3. The van der Waals surface area contributed by atoms with Crippen LogP contribution in [0.3, 0.4) is 0 Å². The summed E-state index contributed by atoms with van der Waals surface area (Å²) >= 11 is 0. The molecule has 34 heavy (non-hydrogen) atoms. The Morgan fingerprint density at radius 3 is 2.53 bits per heavy atom. The second-order valence-electron chi connectivity index (χ2n) is 9.34. The number of nitrogens with one attached hydrogen (secondary N) is 1. The standard InChI is InChI=1S/C23H20N4O4S3/c1-21-19(28)26-18-22(12-23(26,33-32-21)20(29)25(21)2,15-11-24-16-9-5-3-7-13(15)16)14-8-4-6-10-17(14)27(18)34(30)31/h3-11,18,24,34H,12H2,1-2H3/t18-,21+,22+,23-/m0/s1. The molecule has 6 heterocycles. The van der Waals surface area contributed by atoms with Gasteiger partial charge in [-0.05, 0) is 30.2 Å². The summed E-state index contributed by atoms with van der Waals surface area (Å²) in [5.74, 6) is -0.398. The Kier molecular flexibility index (Phi) is 3.85. The van der Waals surface area contributed by atoms with Crippen LogP contribution in [0, 0.1) is 0 Å². The molecule has 1 aromatic heterocycles. The normalized spacial score (nSPS) is 33.7. The van der Waals surface area contributed by atoms with E-state index in [-0.39, 0.29) is 18.2 Å². The molecule has 11 heteroatoms. The van der Waals surface area contributed by atoms with E-state index in [4.69, 9.17) is 0 Å². The molecule has 2 amide bonds. The van der Waals surface area contributed by atoms with Crippen LogP contribution >= 0.6 is 21.6 Å². The number of benzene rings is 2. The Balaban J connectivity index is 1.61. The maximum absolute atomic E-state index is 14.0. The number of aromatic amines is 1. The van der Waals surface area contributed by atoms with Gasteiger partial charge in [0.1, 0.15) is 6.17 Å². The number of carbonyl (C=O) groups is 2. The first kappa shape index (κ1) is 20.7. The molecule has 3 aromatic rings. The number of thiol groups is 1. The topological polar surface area (TPSA) is 93.8 Å². The van der Waals surface area contributed by atoms with E-state index in [0.29, 0.717) is 5.69 Å². The van der Waals surface area contributed by atoms with Gasteiger partial charge in [-0.2, -0.15) is 0 Å². The number of rotatable bonds is 2. The molecule has 174 valence electrons. The molecule has 4 atom stereocenters. The largest absolute Gasteiger partial charge is 0.361 e. The minimum absolute atomic E-state index is 0.162. The highest BCUT2D eigenvalue weighted by Crippen LogP contribution is 2.71. The lowest BCUT2D eigenvalue weighted by molar-refractivity contribution is -0.163. The minimum Gasteiger partial charge on any atom is -0.361 e. The second kappa shape index (κ2) is 6.32. The highest BCUT2D eigenvalue weighted by atomic mass is 33.1. The number of H-pyrrole nitrogens is 1. The maximum Gasteiger partial charge on any atom is 0.262 e. The van der Waals surface area contributed by atoms with Crippen LogP contribution in [0.4, 0.5) is 5.69 Å². The van der Waals surface area contributed by atoms with Crippen molar-refractivity contribution in [3.05, 3.63) is 65.9 Å². The van der Waals surface area contributed by atoms with Crippen LogP contribution in [0.1, 0.15) is 24.5 Å². The predicted molar refractivity (Wildman–Crippen MR) is 133 cm³/mol. The predicted octanol–water partition coefficient (Wildman–Crippen LogP) is 2.64. The van der Waals surface area contributed by atoms with Gasteiger partial charge in [-0.1, -0.05) is 58.0 Å². The van der Waals surface area contributed by atoms with Crippen molar-refractivity contribution in [1.29, 1.82) is 0 Å². The molecule has 1 spiro atoms. The molecule has 0 aliphatic carbocycles. The van der Waals surface area contributed by atoms with Crippen molar-refractivity contribution in [2.75, 3.05) is 11.4 Å². The summed E-state index contributed by atoms with van der Waals surface area (Å²) in [5.41, 5.74) is 2.27. The fourth-order valence-electron chi connectivity index (χ4n) is 6.33. The summed E-state index contributed by atoms with van der Waals surface area (Å²) in [4.78, 5) is 32.0. The fraction of sp³-hybridized carbons (Fsp3) is 0.304.